The SMILES string of the molecule is CC(C)(C)C1CCN(CC(=O)c2c(F)cccc2F)C1. The van der Waals surface area contributed by atoms with Crippen molar-refractivity contribution in [1.82, 2.24) is 4.90 Å². The molecule has 4 heteroatoms. The number of likely N-dealkylation sites (tertiary alicyclic amines) is 1. The van der Waals surface area contributed by atoms with Crippen LogP contribution in [0.5, 0.6) is 0 Å². The highest BCUT2D eigenvalue weighted by atomic mass is 19.1. The highest BCUT2D eigenvalue weighted by Crippen LogP contribution is 2.33. The van der Waals surface area contributed by atoms with Crippen LogP contribution in [0.2, 0.25) is 0 Å². The fourth-order valence-corrected chi connectivity index (χ4v) is 2.73. The van der Waals surface area contributed by atoms with Gasteiger partial charge in [-0.1, -0.05) is 26.8 Å². The summed E-state index contributed by atoms with van der Waals surface area (Å²) in [5.74, 6) is -1.51. The van der Waals surface area contributed by atoms with Crippen LogP contribution < -0.4 is 0 Å². The third kappa shape index (κ3) is 3.23. The van der Waals surface area contributed by atoms with E-state index in [4.69, 9.17) is 0 Å². The largest absolute Gasteiger partial charge is 0.295 e. The lowest BCUT2D eigenvalue weighted by Gasteiger charge is -2.27. The number of carbonyl (C=O) groups is 1. The second kappa shape index (κ2) is 5.60. The molecule has 2 nitrogen and oxygen atoms in total. The second-order valence-electron chi connectivity index (χ2n) is 6.61. The molecule has 0 saturated carbocycles. The minimum Gasteiger partial charge on any atom is -0.295 e. The Morgan fingerprint density at radius 3 is 2.40 bits per heavy atom. The zero-order chi connectivity index (χ0) is 14.9. The van der Waals surface area contributed by atoms with Crippen LogP contribution in [-0.2, 0) is 0 Å². The maximum Gasteiger partial charge on any atom is 0.182 e. The van der Waals surface area contributed by atoms with Crippen LogP contribution >= 0.6 is 0 Å². The summed E-state index contributed by atoms with van der Waals surface area (Å²) in [5, 5.41) is 0. The topological polar surface area (TPSA) is 20.3 Å². The lowest BCUT2D eigenvalue weighted by Crippen LogP contribution is -2.31. The highest BCUT2D eigenvalue weighted by molar-refractivity contribution is 5.98. The third-order valence-electron chi connectivity index (χ3n) is 4.11. The summed E-state index contributed by atoms with van der Waals surface area (Å²) in [7, 11) is 0. The van der Waals surface area contributed by atoms with E-state index in [-0.39, 0.29) is 12.0 Å². The van der Waals surface area contributed by atoms with Crippen LogP contribution in [-0.4, -0.2) is 30.3 Å². The molecule has 1 aliphatic rings. The van der Waals surface area contributed by atoms with Crippen LogP contribution in [0.25, 0.3) is 0 Å². The number of rotatable bonds is 3. The van der Waals surface area contributed by atoms with E-state index < -0.39 is 23.0 Å². The van der Waals surface area contributed by atoms with Gasteiger partial charge in [0.05, 0.1) is 12.1 Å². The summed E-state index contributed by atoms with van der Waals surface area (Å²) in [6.45, 7) is 8.25. The van der Waals surface area contributed by atoms with Crippen molar-refractivity contribution in [2.75, 3.05) is 19.6 Å². The van der Waals surface area contributed by atoms with Crippen LogP contribution in [0.15, 0.2) is 18.2 Å². The minimum atomic E-state index is -0.776. The van der Waals surface area contributed by atoms with E-state index in [1.807, 2.05) is 4.90 Å². The molecule has 1 unspecified atom stereocenters. The van der Waals surface area contributed by atoms with Crippen molar-refractivity contribution in [3.8, 4) is 0 Å². The Bertz CT molecular complexity index is 487. The normalized spacial score (nSPS) is 20.4. The van der Waals surface area contributed by atoms with Gasteiger partial charge in [0.1, 0.15) is 11.6 Å². The predicted octanol–water partition coefficient (Wildman–Crippen LogP) is 3.52. The number of nitrogens with zero attached hydrogens (tertiary/aromatic N) is 1. The van der Waals surface area contributed by atoms with Gasteiger partial charge >= 0.3 is 0 Å². The summed E-state index contributed by atoms with van der Waals surface area (Å²) in [6.07, 6.45) is 1.02. The molecule has 0 aliphatic carbocycles. The van der Waals surface area contributed by atoms with Crippen molar-refractivity contribution in [3.05, 3.63) is 35.4 Å². The maximum atomic E-state index is 13.6. The number of ketones is 1. The van der Waals surface area contributed by atoms with Gasteiger partial charge in [0, 0.05) is 6.54 Å². The summed E-state index contributed by atoms with van der Waals surface area (Å²) < 4.78 is 27.1. The van der Waals surface area contributed by atoms with Gasteiger partial charge in [-0.05, 0) is 36.4 Å². The molecule has 1 atom stereocenters. The lowest BCUT2D eigenvalue weighted by molar-refractivity contribution is 0.0929. The number of benzene rings is 1. The lowest BCUT2D eigenvalue weighted by atomic mass is 9.80. The minimum absolute atomic E-state index is 0.0877. The van der Waals surface area contributed by atoms with Crippen molar-refractivity contribution in [2.45, 2.75) is 27.2 Å². The first-order chi connectivity index (χ1) is 9.29. The molecule has 2 rings (SSSR count). The fourth-order valence-electron chi connectivity index (χ4n) is 2.73. The van der Waals surface area contributed by atoms with Gasteiger partial charge in [-0.15, -0.1) is 0 Å². The quantitative estimate of drug-likeness (QED) is 0.790. The van der Waals surface area contributed by atoms with Gasteiger partial charge in [0.2, 0.25) is 0 Å². The van der Waals surface area contributed by atoms with E-state index in [9.17, 15) is 13.6 Å². The number of hydrogen-bond acceptors (Lipinski definition) is 2. The van der Waals surface area contributed by atoms with Gasteiger partial charge < -0.3 is 0 Å². The standard InChI is InChI=1S/C16H21F2NO/c1-16(2,3)11-7-8-19(9-11)10-14(20)15-12(17)5-4-6-13(15)18/h4-6,11H,7-10H2,1-3H3. The summed E-state index contributed by atoms with van der Waals surface area (Å²) in [4.78, 5) is 14.1. The van der Waals surface area contributed by atoms with E-state index in [0.717, 1.165) is 31.6 Å². The Balaban J connectivity index is 2.03. The summed E-state index contributed by atoms with van der Waals surface area (Å²) in [5.41, 5.74) is -0.215. The first kappa shape index (κ1) is 15.1. The molecule has 1 aromatic rings. The third-order valence-corrected chi connectivity index (χ3v) is 4.11. The van der Waals surface area contributed by atoms with Crippen molar-refractivity contribution in [1.29, 1.82) is 0 Å². The summed E-state index contributed by atoms with van der Waals surface area (Å²) in [6, 6.07) is 3.52. The molecule has 1 aliphatic heterocycles. The molecule has 1 heterocycles. The van der Waals surface area contributed by atoms with Crippen LogP contribution in [0.3, 0.4) is 0 Å². The highest BCUT2D eigenvalue weighted by Gasteiger charge is 2.33. The smallest absolute Gasteiger partial charge is 0.182 e. The van der Waals surface area contributed by atoms with Crippen molar-refractivity contribution < 1.29 is 13.6 Å². The van der Waals surface area contributed by atoms with Crippen molar-refractivity contribution in [2.24, 2.45) is 11.3 Å². The molecular weight excluding hydrogens is 260 g/mol. The molecule has 0 spiro atoms. The zero-order valence-electron chi connectivity index (χ0n) is 12.2. The molecule has 0 bridgehead atoms. The Morgan fingerprint density at radius 1 is 1.30 bits per heavy atom. The molecule has 20 heavy (non-hydrogen) atoms. The van der Waals surface area contributed by atoms with Crippen LogP contribution in [0, 0.1) is 23.0 Å². The Hall–Kier alpha value is -1.29. The van der Waals surface area contributed by atoms with E-state index in [0.29, 0.717) is 5.92 Å². The number of Topliss-reactive ketones (excluding diaryl/α,β-unsaturated/α-hetero) is 1. The summed E-state index contributed by atoms with van der Waals surface area (Å²) >= 11 is 0. The first-order valence-corrected chi connectivity index (χ1v) is 6.98. The molecule has 1 fully saturated rings. The molecule has 0 aromatic heterocycles. The van der Waals surface area contributed by atoms with E-state index in [1.165, 1.54) is 6.07 Å². The average Bonchev–Trinajstić information content (AvgIpc) is 2.76. The van der Waals surface area contributed by atoms with Crippen molar-refractivity contribution in [3.63, 3.8) is 0 Å². The molecule has 0 amide bonds. The van der Waals surface area contributed by atoms with Gasteiger partial charge in [-0.2, -0.15) is 0 Å². The van der Waals surface area contributed by atoms with E-state index >= 15 is 0 Å². The van der Waals surface area contributed by atoms with Gasteiger partial charge in [-0.25, -0.2) is 8.78 Å². The zero-order valence-corrected chi connectivity index (χ0v) is 12.2. The van der Waals surface area contributed by atoms with E-state index in [2.05, 4.69) is 20.8 Å². The van der Waals surface area contributed by atoms with Gasteiger partial charge in [0.25, 0.3) is 0 Å². The molecule has 1 saturated heterocycles. The molecule has 0 radical (unpaired) electrons. The number of carbonyl (C=O) groups excluding carboxylic acids is 1. The Labute approximate surface area is 118 Å². The fraction of sp³-hybridized carbons (Fsp3) is 0.562. The Morgan fingerprint density at radius 2 is 1.90 bits per heavy atom. The molecular formula is C16H21F2NO. The number of hydrogen-bond donors (Lipinski definition) is 0. The first-order valence-electron chi connectivity index (χ1n) is 6.98. The molecule has 0 N–H and O–H groups in total. The van der Waals surface area contributed by atoms with Crippen molar-refractivity contribution >= 4 is 5.78 Å². The van der Waals surface area contributed by atoms with Gasteiger partial charge in [0.15, 0.2) is 5.78 Å². The predicted molar refractivity (Wildman–Crippen MR) is 74.7 cm³/mol. The Kier molecular flexibility index (Phi) is 4.23. The average molecular weight is 281 g/mol. The number of halogens is 2. The molecule has 110 valence electrons. The second-order valence-corrected chi connectivity index (χ2v) is 6.61. The maximum absolute atomic E-state index is 13.6. The van der Waals surface area contributed by atoms with Crippen LogP contribution in [0.4, 0.5) is 8.78 Å². The van der Waals surface area contributed by atoms with Gasteiger partial charge in [-0.3, -0.25) is 9.69 Å². The van der Waals surface area contributed by atoms with Crippen LogP contribution in [0.1, 0.15) is 37.6 Å². The van der Waals surface area contributed by atoms with E-state index in [1.54, 1.807) is 0 Å². The monoisotopic (exact) mass is 281 g/mol. The molecule has 1 aromatic carbocycles.